The van der Waals surface area contributed by atoms with Crippen molar-refractivity contribution < 1.29 is 23.0 Å². The number of fused-ring (bicyclic) bond motifs is 1. The first-order valence-corrected chi connectivity index (χ1v) is 8.04. The number of halogens is 3. The van der Waals surface area contributed by atoms with Crippen LogP contribution in [0.1, 0.15) is 10.5 Å². The van der Waals surface area contributed by atoms with Gasteiger partial charge in [0.1, 0.15) is 5.82 Å². The minimum atomic E-state index is -3.75. The molecule has 0 aliphatic carbocycles. The quantitative estimate of drug-likeness (QED) is 0.737. The summed E-state index contributed by atoms with van der Waals surface area (Å²) in [7, 11) is 3.29. The highest BCUT2D eigenvalue weighted by Crippen LogP contribution is 2.46. The number of hydrogen-bond acceptors (Lipinski definition) is 5. The Labute approximate surface area is 156 Å². The molecule has 1 aromatic carbocycles. The first-order valence-electron chi connectivity index (χ1n) is 7.67. The highest BCUT2D eigenvalue weighted by atomic mass is 35.5. The highest BCUT2D eigenvalue weighted by Gasteiger charge is 2.44. The van der Waals surface area contributed by atoms with E-state index in [4.69, 9.17) is 11.6 Å². The van der Waals surface area contributed by atoms with Crippen molar-refractivity contribution in [3.63, 3.8) is 0 Å². The van der Waals surface area contributed by atoms with E-state index in [1.807, 2.05) is 0 Å². The van der Waals surface area contributed by atoms with Crippen LogP contribution in [0.15, 0.2) is 30.5 Å². The molecule has 0 atom stereocenters. The molecule has 0 saturated carbocycles. The van der Waals surface area contributed by atoms with Crippen LogP contribution in [0.5, 0.6) is 11.5 Å². The Morgan fingerprint density at radius 2 is 1.89 bits per heavy atom. The number of alkyl halides is 2. The van der Waals surface area contributed by atoms with Crippen LogP contribution in [0, 0.1) is 0 Å². The standard InChI is InChI=1S/C16H12ClF2N5O3/c1-23-11(7-10(22-23)15(25)21-14-3-4-20-24(14)2)8-5-12-13(6-9(8)17)27-16(18,19)26-12/h3-7H,1-2H3,(H,21,25). The summed E-state index contributed by atoms with van der Waals surface area (Å²) < 4.78 is 38.2. The molecule has 2 aromatic heterocycles. The molecule has 1 aliphatic heterocycles. The van der Waals surface area contributed by atoms with Gasteiger partial charge in [-0.1, -0.05) is 11.6 Å². The lowest BCUT2D eigenvalue weighted by atomic mass is 10.1. The number of carbonyl (C=O) groups is 1. The fourth-order valence-corrected chi connectivity index (χ4v) is 2.93. The minimum Gasteiger partial charge on any atom is -0.395 e. The van der Waals surface area contributed by atoms with E-state index in [9.17, 15) is 13.6 Å². The van der Waals surface area contributed by atoms with Crippen LogP contribution in [-0.4, -0.2) is 31.8 Å². The molecule has 8 nitrogen and oxygen atoms in total. The Morgan fingerprint density at radius 1 is 1.19 bits per heavy atom. The van der Waals surface area contributed by atoms with Crippen molar-refractivity contribution in [1.82, 2.24) is 19.6 Å². The number of benzene rings is 1. The minimum absolute atomic E-state index is 0.118. The monoisotopic (exact) mass is 395 g/mol. The third kappa shape index (κ3) is 3.08. The zero-order valence-electron chi connectivity index (χ0n) is 14.0. The molecule has 1 aliphatic rings. The molecular weight excluding hydrogens is 384 g/mol. The van der Waals surface area contributed by atoms with Crippen LogP contribution in [0.4, 0.5) is 14.6 Å². The van der Waals surface area contributed by atoms with E-state index in [-0.39, 0.29) is 22.2 Å². The first kappa shape index (κ1) is 17.3. The van der Waals surface area contributed by atoms with E-state index >= 15 is 0 Å². The van der Waals surface area contributed by atoms with Crippen LogP contribution in [0.2, 0.25) is 5.02 Å². The fourth-order valence-electron chi connectivity index (χ4n) is 2.68. The van der Waals surface area contributed by atoms with Crippen LogP contribution in [0.25, 0.3) is 11.3 Å². The van der Waals surface area contributed by atoms with E-state index in [2.05, 4.69) is 25.0 Å². The number of ether oxygens (including phenoxy) is 2. The second-order valence-electron chi connectivity index (χ2n) is 5.78. The van der Waals surface area contributed by atoms with Crippen LogP contribution in [0.3, 0.4) is 0 Å². The highest BCUT2D eigenvalue weighted by molar-refractivity contribution is 6.33. The van der Waals surface area contributed by atoms with Gasteiger partial charge in [-0.2, -0.15) is 10.2 Å². The van der Waals surface area contributed by atoms with Gasteiger partial charge in [0.25, 0.3) is 5.91 Å². The van der Waals surface area contributed by atoms with Crippen molar-refractivity contribution in [1.29, 1.82) is 0 Å². The van der Waals surface area contributed by atoms with Gasteiger partial charge in [0, 0.05) is 31.8 Å². The number of amides is 1. The van der Waals surface area contributed by atoms with Gasteiger partial charge in [-0.25, -0.2) is 0 Å². The molecule has 3 heterocycles. The van der Waals surface area contributed by atoms with Gasteiger partial charge in [0.15, 0.2) is 17.2 Å². The number of nitrogens with zero attached hydrogens (tertiary/aromatic N) is 4. The van der Waals surface area contributed by atoms with E-state index in [1.165, 1.54) is 27.6 Å². The summed E-state index contributed by atoms with van der Waals surface area (Å²) in [6.45, 7) is 0. The molecule has 1 N–H and O–H groups in total. The van der Waals surface area contributed by atoms with Gasteiger partial charge >= 0.3 is 6.29 Å². The summed E-state index contributed by atoms with van der Waals surface area (Å²) in [5.41, 5.74) is 0.927. The van der Waals surface area contributed by atoms with Crippen LogP contribution >= 0.6 is 11.6 Å². The number of carbonyl (C=O) groups excluding carboxylic acids is 1. The van der Waals surface area contributed by atoms with E-state index < -0.39 is 12.2 Å². The van der Waals surface area contributed by atoms with Crippen molar-refractivity contribution in [2.75, 3.05) is 5.32 Å². The summed E-state index contributed by atoms with van der Waals surface area (Å²) >= 11 is 6.20. The number of aromatic nitrogens is 4. The molecule has 0 saturated heterocycles. The summed E-state index contributed by atoms with van der Waals surface area (Å²) in [4.78, 5) is 12.4. The Morgan fingerprint density at radius 3 is 2.56 bits per heavy atom. The lowest BCUT2D eigenvalue weighted by Crippen LogP contribution is -2.25. The number of aryl methyl sites for hydroxylation is 2. The van der Waals surface area contributed by atoms with E-state index in [1.54, 1.807) is 26.4 Å². The summed E-state index contributed by atoms with van der Waals surface area (Å²) in [6.07, 6.45) is -2.20. The third-order valence-electron chi connectivity index (χ3n) is 3.94. The Kier molecular flexibility index (Phi) is 3.81. The molecule has 0 spiro atoms. The predicted molar refractivity (Wildman–Crippen MR) is 91.0 cm³/mol. The van der Waals surface area contributed by atoms with Gasteiger partial charge < -0.3 is 14.8 Å². The molecule has 0 bridgehead atoms. The van der Waals surface area contributed by atoms with Gasteiger partial charge in [-0.3, -0.25) is 14.2 Å². The Hall–Kier alpha value is -3.14. The summed E-state index contributed by atoms with van der Waals surface area (Å²) in [5, 5.41) is 10.9. The van der Waals surface area contributed by atoms with Crippen molar-refractivity contribution in [2.45, 2.75) is 6.29 Å². The van der Waals surface area contributed by atoms with Crippen molar-refractivity contribution in [3.05, 3.63) is 41.2 Å². The topological polar surface area (TPSA) is 83.2 Å². The van der Waals surface area contributed by atoms with Crippen molar-refractivity contribution in [2.24, 2.45) is 14.1 Å². The lowest BCUT2D eigenvalue weighted by Gasteiger charge is -2.05. The van der Waals surface area contributed by atoms with Gasteiger partial charge in [0.05, 0.1) is 16.9 Å². The molecule has 140 valence electrons. The van der Waals surface area contributed by atoms with Gasteiger partial charge in [-0.05, 0) is 12.1 Å². The molecule has 4 rings (SSSR count). The maximum Gasteiger partial charge on any atom is 0.586 e. The first-order chi connectivity index (χ1) is 12.7. The molecule has 1 amide bonds. The molecule has 0 unspecified atom stereocenters. The van der Waals surface area contributed by atoms with Gasteiger partial charge in [0.2, 0.25) is 0 Å². The molecule has 11 heteroatoms. The maximum atomic E-state index is 13.2. The number of hydrogen-bond donors (Lipinski definition) is 1. The van der Waals surface area contributed by atoms with Crippen molar-refractivity contribution in [3.8, 4) is 22.8 Å². The lowest BCUT2D eigenvalue weighted by molar-refractivity contribution is -0.286. The molecule has 3 aromatic rings. The average molecular weight is 396 g/mol. The molecule has 0 radical (unpaired) electrons. The van der Waals surface area contributed by atoms with Crippen molar-refractivity contribution >= 4 is 23.3 Å². The average Bonchev–Trinajstić information content (AvgIpc) is 3.23. The Bertz CT molecular complexity index is 1060. The molecular formula is C16H12ClF2N5O3. The van der Waals surface area contributed by atoms with Crippen LogP contribution in [-0.2, 0) is 14.1 Å². The normalized spacial score (nSPS) is 14.4. The van der Waals surface area contributed by atoms with Crippen LogP contribution < -0.4 is 14.8 Å². The number of rotatable bonds is 3. The fraction of sp³-hybridized carbons (Fsp3) is 0.188. The largest absolute Gasteiger partial charge is 0.586 e. The predicted octanol–water partition coefficient (Wildman–Crippen LogP) is 3.05. The second kappa shape index (κ2) is 5.95. The van der Waals surface area contributed by atoms with E-state index in [0.29, 0.717) is 17.1 Å². The maximum absolute atomic E-state index is 13.2. The summed E-state index contributed by atoms with van der Waals surface area (Å²) in [5.74, 6) is -0.272. The SMILES string of the molecule is Cn1nccc1NC(=O)c1cc(-c2cc3c(cc2Cl)OC(F)(F)O3)n(C)n1. The zero-order chi connectivity index (χ0) is 19.3. The number of anilines is 1. The smallest absolute Gasteiger partial charge is 0.395 e. The number of nitrogens with one attached hydrogen (secondary N) is 1. The molecule has 0 fully saturated rings. The van der Waals surface area contributed by atoms with E-state index in [0.717, 1.165) is 0 Å². The second-order valence-corrected chi connectivity index (χ2v) is 6.19. The summed E-state index contributed by atoms with van der Waals surface area (Å²) in [6, 6.07) is 5.68. The van der Waals surface area contributed by atoms with Gasteiger partial charge in [-0.15, -0.1) is 8.78 Å². The Balaban J connectivity index is 1.66. The zero-order valence-corrected chi connectivity index (χ0v) is 14.8. The third-order valence-corrected chi connectivity index (χ3v) is 4.25. The molecule has 27 heavy (non-hydrogen) atoms.